The molecule has 0 radical (unpaired) electrons. The number of nitrogens with zero attached hydrogens (tertiary/aromatic N) is 2. The van der Waals surface area contributed by atoms with Gasteiger partial charge in [-0.15, -0.1) is 22.7 Å². The summed E-state index contributed by atoms with van der Waals surface area (Å²) in [6.45, 7) is 1.43. The average Bonchev–Trinajstić information content (AvgIpc) is 3.68. The molecule has 0 bridgehead atoms. The lowest BCUT2D eigenvalue weighted by molar-refractivity contribution is -0.157. The number of aromatic amines is 1. The van der Waals surface area contributed by atoms with Gasteiger partial charge in [0.25, 0.3) is 0 Å². The second-order valence-corrected chi connectivity index (χ2v) is 11.2. The molecule has 37 heavy (non-hydrogen) atoms. The van der Waals surface area contributed by atoms with E-state index in [9.17, 15) is 14.4 Å². The molecule has 7 nitrogen and oxygen atoms in total. The number of aromatic nitrogens is 1. The van der Waals surface area contributed by atoms with Crippen LogP contribution in [0.3, 0.4) is 0 Å². The van der Waals surface area contributed by atoms with Crippen LogP contribution in [0.4, 0.5) is 0 Å². The number of hydrogen-bond acceptors (Lipinski definition) is 5. The minimum Gasteiger partial charge on any atom is -0.361 e. The van der Waals surface area contributed by atoms with Gasteiger partial charge in [0.15, 0.2) is 0 Å². The zero-order valence-corrected chi connectivity index (χ0v) is 22.2. The van der Waals surface area contributed by atoms with Gasteiger partial charge in [-0.05, 0) is 53.8 Å². The number of para-hydroxylation sites is 1. The standard InChI is InChI=1S/C28H30N4O3S2/c33-26(29-12-9-20-18-30-24-8-2-1-7-23(20)24)17-25-28(35)31(13-10-21-5-3-15-36-21)19-27(34)32(25)14-11-22-6-4-16-37-22/h1-8,15-16,18,25,30H,9-14,17,19H2,(H,29,33). The van der Waals surface area contributed by atoms with Crippen LogP contribution in [0.2, 0.25) is 0 Å². The quantitative estimate of drug-likeness (QED) is 0.306. The summed E-state index contributed by atoms with van der Waals surface area (Å²) < 4.78 is 0. The number of rotatable bonds is 11. The highest BCUT2D eigenvalue weighted by Crippen LogP contribution is 2.20. The van der Waals surface area contributed by atoms with Crippen LogP contribution in [0.1, 0.15) is 21.7 Å². The van der Waals surface area contributed by atoms with E-state index in [0.29, 0.717) is 38.9 Å². The van der Waals surface area contributed by atoms with Gasteiger partial charge in [-0.1, -0.05) is 30.3 Å². The van der Waals surface area contributed by atoms with Crippen molar-refractivity contribution in [2.24, 2.45) is 0 Å². The maximum atomic E-state index is 13.5. The summed E-state index contributed by atoms with van der Waals surface area (Å²) >= 11 is 3.27. The molecule has 1 aliphatic heterocycles. The second-order valence-electron chi connectivity index (χ2n) is 9.19. The molecule has 192 valence electrons. The van der Waals surface area contributed by atoms with Crippen molar-refractivity contribution in [3.05, 3.63) is 80.8 Å². The third-order valence-electron chi connectivity index (χ3n) is 6.78. The van der Waals surface area contributed by atoms with Gasteiger partial charge in [-0.2, -0.15) is 0 Å². The summed E-state index contributed by atoms with van der Waals surface area (Å²) in [5.41, 5.74) is 2.20. The van der Waals surface area contributed by atoms with Crippen molar-refractivity contribution in [1.29, 1.82) is 0 Å². The van der Waals surface area contributed by atoms with E-state index >= 15 is 0 Å². The molecule has 1 aromatic carbocycles. The van der Waals surface area contributed by atoms with E-state index in [1.165, 1.54) is 4.88 Å². The van der Waals surface area contributed by atoms with Gasteiger partial charge in [0.05, 0.1) is 13.0 Å². The minimum atomic E-state index is -0.780. The van der Waals surface area contributed by atoms with Crippen molar-refractivity contribution in [3.63, 3.8) is 0 Å². The summed E-state index contributed by atoms with van der Waals surface area (Å²) in [6, 6.07) is 15.3. The Bertz CT molecular complexity index is 1350. The first kappa shape index (κ1) is 25.2. The number of carbonyl (C=O) groups is 3. The van der Waals surface area contributed by atoms with Gasteiger partial charge in [-0.25, -0.2) is 0 Å². The highest BCUT2D eigenvalue weighted by atomic mass is 32.1. The Balaban J connectivity index is 1.22. The molecular weight excluding hydrogens is 504 g/mol. The predicted molar refractivity (Wildman–Crippen MR) is 148 cm³/mol. The molecule has 5 rings (SSSR count). The number of thiophene rings is 2. The van der Waals surface area contributed by atoms with Crippen molar-refractivity contribution >= 4 is 51.3 Å². The fraction of sp³-hybridized carbons (Fsp3) is 0.321. The van der Waals surface area contributed by atoms with E-state index in [1.807, 2.05) is 59.4 Å². The van der Waals surface area contributed by atoms with Crippen molar-refractivity contribution in [3.8, 4) is 0 Å². The molecule has 0 spiro atoms. The smallest absolute Gasteiger partial charge is 0.246 e. The van der Waals surface area contributed by atoms with Crippen LogP contribution in [0.15, 0.2) is 65.5 Å². The molecule has 3 amide bonds. The van der Waals surface area contributed by atoms with Gasteiger partial charge < -0.3 is 20.1 Å². The van der Waals surface area contributed by atoms with E-state index in [1.54, 1.807) is 32.5 Å². The molecular formula is C28H30N4O3S2. The highest BCUT2D eigenvalue weighted by molar-refractivity contribution is 7.10. The third kappa shape index (κ3) is 6.11. The number of carbonyl (C=O) groups excluding carboxylic acids is 3. The number of hydrogen-bond donors (Lipinski definition) is 2. The number of amides is 3. The highest BCUT2D eigenvalue weighted by Gasteiger charge is 2.40. The molecule has 0 saturated carbocycles. The molecule has 3 aromatic heterocycles. The van der Waals surface area contributed by atoms with Crippen molar-refractivity contribution in [2.75, 3.05) is 26.2 Å². The second kappa shape index (κ2) is 11.7. The Morgan fingerprint density at radius 1 is 0.946 bits per heavy atom. The molecule has 1 saturated heterocycles. The average molecular weight is 535 g/mol. The van der Waals surface area contributed by atoms with Crippen LogP contribution >= 0.6 is 22.7 Å². The summed E-state index contributed by atoms with van der Waals surface area (Å²) in [5, 5.41) is 8.13. The van der Waals surface area contributed by atoms with Crippen LogP contribution in [0.25, 0.3) is 10.9 Å². The van der Waals surface area contributed by atoms with Gasteiger partial charge >= 0.3 is 0 Å². The number of nitrogens with one attached hydrogen (secondary N) is 2. The Morgan fingerprint density at radius 3 is 2.41 bits per heavy atom. The fourth-order valence-corrected chi connectivity index (χ4v) is 6.22. The monoisotopic (exact) mass is 534 g/mol. The van der Waals surface area contributed by atoms with Gasteiger partial charge in [0.1, 0.15) is 6.04 Å². The van der Waals surface area contributed by atoms with Gasteiger partial charge in [0, 0.05) is 46.5 Å². The first-order valence-corrected chi connectivity index (χ1v) is 14.3. The zero-order valence-electron chi connectivity index (χ0n) is 20.5. The first-order valence-electron chi connectivity index (χ1n) is 12.5. The van der Waals surface area contributed by atoms with E-state index in [-0.39, 0.29) is 30.7 Å². The summed E-state index contributed by atoms with van der Waals surface area (Å²) in [7, 11) is 0. The van der Waals surface area contributed by atoms with Crippen LogP contribution < -0.4 is 5.32 Å². The lowest BCUT2D eigenvalue weighted by Gasteiger charge is -2.40. The maximum Gasteiger partial charge on any atom is 0.246 e. The molecule has 1 unspecified atom stereocenters. The number of piperazine rings is 1. The van der Waals surface area contributed by atoms with Crippen LogP contribution in [0, 0.1) is 0 Å². The predicted octanol–water partition coefficient (Wildman–Crippen LogP) is 3.86. The first-order chi connectivity index (χ1) is 18.1. The molecule has 1 fully saturated rings. The fourth-order valence-electron chi connectivity index (χ4n) is 4.83. The molecule has 0 aliphatic carbocycles. The largest absolute Gasteiger partial charge is 0.361 e. The zero-order chi connectivity index (χ0) is 25.6. The lowest BCUT2D eigenvalue weighted by atomic mass is 10.0. The number of benzene rings is 1. The SMILES string of the molecule is O=C(CC1C(=O)N(CCc2cccs2)CC(=O)N1CCc1cccs1)NCCc1c[nH]c2ccccc12. The topological polar surface area (TPSA) is 85.5 Å². The summed E-state index contributed by atoms with van der Waals surface area (Å²) in [6.07, 6.45) is 4.00. The number of H-pyrrole nitrogens is 1. The van der Waals surface area contributed by atoms with E-state index in [2.05, 4.69) is 16.4 Å². The molecule has 1 aliphatic rings. The van der Waals surface area contributed by atoms with Crippen molar-refractivity contribution < 1.29 is 14.4 Å². The van der Waals surface area contributed by atoms with Crippen LogP contribution in [0.5, 0.6) is 0 Å². The van der Waals surface area contributed by atoms with Crippen LogP contribution in [-0.4, -0.2) is 64.7 Å². The molecule has 1 atom stereocenters. The minimum absolute atomic E-state index is 0.0294. The van der Waals surface area contributed by atoms with Gasteiger partial charge in [0.2, 0.25) is 17.7 Å². The summed E-state index contributed by atoms with van der Waals surface area (Å²) in [4.78, 5) is 48.4. The van der Waals surface area contributed by atoms with Gasteiger partial charge in [-0.3, -0.25) is 14.4 Å². The van der Waals surface area contributed by atoms with E-state index in [0.717, 1.165) is 21.3 Å². The molecule has 4 aromatic rings. The van der Waals surface area contributed by atoms with E-state index < -0.39 is 6.04 Å². The Labute approximate surface area is 224 Å². The number of fused-ring (bicyclic) bond motifs is 1. The Kier molecular flexibility index (Phi) is 8.01. The maximum absolute atomic E-state index is 13.5. The Morgan fingerprint density at radius 2 is 1.68 bits per heavy atom. The third-order valence-corrected chi connectivity index (χ3v) is 8.65. The van der Waals surface area contributed by atoms with E-state index in [4.69, 9.17) is 0 Å². The normalized spacial score (nSPS) is 16.1. The van der Waals surface area contributed by atoms with Crippen LogP contribution in [-0.2, 0) is 33.6 Å². The molecule has 4 heterocycles. The Hall–Kier alpha value is -3.43. The molecule has 9 heteroatoms. The summed E-state index contributed by atoms with van der Waals surface area (Å²) in [5.74, 6) is -0.458. The van der Waals surface area contributed by atoms with Crippen molar-refractivity contribution in [1.82, 2.24) is 20.1 Å². The van der Waals surface area contributed by atoms with Crippen molar-refractivity contribution in [2.45, 2.75) is 31.7 Å². The lowest BCUT2D eigenvalue weighted by Crippen LogP contribution is -2.61. The molecule has 2 N–H and O–H groups in total.